The third-order valence-corrected chi connectivity index (χ3v) is 4.91. The van der Waals surface area contributed by atoms with Crippen LogP contribution in [0.15, 0.2) is 42.6 Å². The maximum Gasteiger partial charge on any atom is 0.273 e. The number of rotatable bonds is 7. The smallest absolute Gasteiger partial charge is 0.273 e. The second-order valence-corrected chi connectivity index (χ2v) is 7.94. The van der Waals surface area contributed by atoms with Crippen LogP contribution < -0.4 is 16.4 Å². The van der Waals surface area contributed by atoms with Crippen LogP contribution in [0.5, 0.6) is 0 Å². The lowest BCUT2D eigenvalue weighted by atomic mass is 10.0. The molecule has 34 heavy (non-hydrogen) atoms. The maximum atomic E-state index is 13.4. The highest BCUT2D eigenvalue weighted by Gasteiger charge is 2.20. The number of nitrogen functional groups attached to an aromatic ring is 1. The first-order valence-electron chi connectivity index (χ1n) is 10.6. The number of aryl methyl sites for hydroxylation is 1. The molecule has 0 unspecified atom stereocenters. The molecular weight excluding hydrogens is 444 g/mol. The highest BCUT2D eigenvalue weighted by molar-refractivity contribution is 5.97. The minimum absolute atomic E-state index is 0.00612. The minimum atomic E-state index is -1.76. The van der Waals surface area contributed by atoms with Crippen LogP contribution in [-0.4, -0.2) is 32.9 Å². The third-order valence-electron chi connectivity index (χ3n) is 4.91. The van der Waals surface area contributed by atoms with Crippen molar-refractivity contribution in [1.29, 1.82) is 0 Å². The Balaban J connectivity index is 1.86. The van der Waals surface area contributed by atoms with E-state index in [1.54, 1.807) is 18.2 Å². The van der Waals surface area contributed by atoms with Gasteiger partial charge in [0.15, 0.2) is 17.6 Å². The number of amides is 2. The first-order valence-corrected chi connectivity index (χ1v) is 10.6. The van der Waals surface area contributed by atoms with Gasteiger partial charge in [-0.1, -0.05) is 13.0 Å². The number of carbonyl (C=O) groups is 2. The summed E-state index contributed by atoms with van der Waals surface area (Å²) in [5.74, 6) is -3.08. The van der Waals surface area contributed by atoms with Crippen molar-refractivity contribution in [3.8, 4) is 11.3 Å². The number of hydrogen-bond acceptors (Lipinski definition) is 6. The quantitative estimate of drug-likeness (QED) is 0.420. The van der Waals surface area contributed by atoms with E-state index in [0.717, 1.165) is 17.7 Å². The Morgan fingerprint density at radius 2 is 1.79 bits per heavy atom. The molecule has 5 N–H and O–H groups in total. The number of carbonyl (C=O) groups excluding carboxylic acids is 2. The molecule has 1 aromatic heterocycles. The monoisotopic (exact) mass is 469 g/mol. The summed E-state index contributed by atoms with van der Waals surface area (Å²) in [5, 5.41) is 15.5. The lowest BCUT2D eigenvalue weighted by Gasteiger charge is -2.15. The van der Waals surface area contributed by atoms with Crippen LogP contribution in [0, 0.1) is 11.6 Å². The predicted molar refractivity (Wildman–Crippen MR) is 124 cm³/mol. The number of nitrogens with zero attached hydrogens (tertiary/aromatic N) is 2. The van der Waals surface area contributed by atoms with Crippen molar-refractivity contribution in [2.45, 2.75) is 39.3 Å². The fraction of sp³-hybridized carbons (Fsp3) is 0.250. The normalized spacial score (nSPS) is 11.9. The summed E-state index contributed by atoms with van der Waals surface area (Å²) in [7, 11) is 0. The van der Waals surface area contributed by atoms with Crippen LogP contribution in [0.2, 0.25) is 0 Å². The Bertz CT molecular complexity index is 1210. The zero-order valence-electron chi connectivity index (χ0n) is 18.9. The Kier molecular flexibility index (Phi) is 7.52. The number of nitrogens with two attached hydrogens (primary N) is 1. The van der Waals surface area contributed by atoms with Gasteiger partial charge in [0, 0.05) is 23.4 Å². The van der Waals surface area contributed by atoms with Crippen LogP contribution in [0.4, 0.5) is 20.3 Å². The Labute approximate surface area is 195 Å². The molecule has 0 bridgehead atoms. The van der Waals surface area contributed by atoms with E-state index in [-0.39, 0.29) is 23.1 Å². The molecule has 0 spiro atoms. The second kappa shape index (κ2) is 10.3. The number of aliphatic hydroxyl groups excluding tert-OH is 1. The van der Waals surface area contributed by atoms with E-state index in [2.05, 4.69) is 20.6 Å². The molecule has 0 aliphatic heterocycles. The zero-order valence-corrected chi connectivity index (χ0v) is 18.9. The fourth-order valence-corrected chi connectivity index (χ4v) is 3.33. The summed E-state index contributed by atoms with van der Waals surface area (Å²) in [6.45, 7) is 5.52. The van der Waals surface area contributed by atoms with Gasteiger partial charge in [0.1, 0.15) is 11.6 Å². The topological polar surface area (TPSA) is 130 Å². The lowest BCUT2D eigenvalue weighted by molar-refractivity contribution is -0.124. The van der Waals surface area contributed by atoms with Gasteiger partial charge in [0.2, 0.25) is 0 Å². The zero-order chi connectivity index (χ0) is 25.0. The van der Waals surface area contributed by atoms with Crippen LogP contribution >= 0.6 is 0 Å². The average Bonchev–Trinajstić information content (AvgIpc) is 2.77. The van der Waals surface area contributed by atoms with Crippen LogP contribution in [-0.2, 0) is 11.2 Å². The Hall–Kier alpha value is -3.92. The predicted octanol–water partition coefficient (Wildman–Crippen LogP) is 3.38. The molecule has 0 aliphatic carbocycles. The van der Waals surface area contributed by atoms with Gasteiger partial charge in [-0.2, -0.15) is 0 Å². The van der Waals surface area contributed by atoms with E-state index >= 15 is 0 Å². The molecule has 178 valence electrons. The van der Waals surface area contributed by atoms with Crippen molar-refractivity contribution in [2.24, 2.45) is 0 Å². The number of hydrogen-bond donors (Lipinski definition) is 4. The fourth-order valence-electron chi connectivity index (χ4n) is 3.33. The van der Waals surface area contributed by atoms with Gasteiger partial charge in [0.25, 0.3) is 11.8 Å². The van der Waals surface area contributed by atoms with Gasteiger partial charge in [0.05, 0.1) is 11.9 Å². The van der Waals surface area contributed by atoms with E-state index in [1.807, 2.05) is 20.8 Å². The number of aliphatic hydroxyl groups is 1. The minimum Gasteiger partial charge on any atom is -0.382 e. The van der Waals surface area contributed by atoms with Gasteiger partial charge in [-0.3, -0.25) is 9.59 Å². The lowest BCUT2D eigenvalue weighted by Crippen LogP contribution is -2.31. The van der Waals surface area contributed by atoms with Crippen LogP contribution in [0.25, 0.3) is 11.3 Å². The third kappa shape index (κ3) is 5.70. The van der Waals surface area contributed by atoms with E-state index in [0.29, 0.717) is 29.4 Å². The summed E-state index contributed by atoms with van der Waals surface area (Å²) in [4.78, 5) is 33.3. The number of anilines is 2. The van der Waals surface area contributed by atoms with Crippen molar-refractivity contribution in [1.82, 2.24) is 15.3 Å². The van der Waals surface area contributed by atoms with Crippen LogP contribution in [0.1, 0.15) is 48.5 Å². The van der Waals surface area contributed by atoms with Crippen molar-refractivity contribution in [3.63, 3.8) is 0 Å². The molecule has 0 saturated heterocycles. The van der Waals surface area contributed by atoms with Gasteiger partial charge in [-0.25, -0.2) is 18.7 Å². The molecule has 1 atom stereocenters. The van der Waals surface area contributed by atoms with Crippen molar-refractivity contribution < 1.29 is 23.5 Å². The summed E-state index contributed by atoms with van der Waals surface area (Å²) in [6, 6.07) is 7.27. The first-order chi connectivity index (χ1) is 16.1. The molecule has 0 aliphatic rings. The SMILES string of the molecule is CCc1cc(NC(=O)[C@H](O)c2cc(F)cc(F)c2)ccc1-c1cnc(N)c(C(=O)NC(C)C)n1. The highest BCUT2D eigenvalue weighted by Crippen LogP contribution is 2.27. The molecule has 2 aromatic carbocycles. The molecular formula is C24H25F2N5O3. The highest BCUT2D eigenvalue weighted by atomic mass is 19.1. The molecule has 1 heterocycles. The number of benzene rings is 2. The van der Waals surface area contributed by atoms with Crippen molar-refractivity contribution in [3.05, 3.63) is 71.1 Å². The molecule has 0 fully saturated rings. The average molecular weight is 469 g/mol. The van der Waals surface area contributed by atoms with Gasteiger partial charge in [-0.15, -0.1) is 0 Å². The van der Waals surface area contributed by atoms with Gasteiger partial charge >= 0.3 is 0 Å². The standard InChI is InChI=1S/C24H25F2N5O3/c1-4-13-9-17(30-24(34)21(32)14-7-15(25)10-16(26)8-14)5-6-18(13)19-11-28-22(27)20(31-19)23(33)29-12(2)3/h5-12,21,32H,4H2,1-3H3,(H2,27,28)(H,29,33)(H,30,34)/t21-/m1/s1. The van der Waals surface area contributed by atoms with E-state index < -0.39 is 29.6 Å². The van der Waals surface area contributed by atoms with Crippen molar-refractivity contribution in [2.75, 3.05) is 11.1 Å². The van der Waals surface area contributed by atoms with Gasteiger partial charge < -0.3 is 21.5 Å². The first kappa shape index (κ1) is 24.7. The molecule has 10 heteroatoms. The Morgan fingerprint density at radius 1 is 1.12 bits per heavy atom. The molecule has 2 amide bonds. The molecule has 0 saturated carbocycles. The Morgan fingerprint density at radius 3 is 2.41 bits per heavy atom. The number of halogens is 2. The molecule has 0 radical (unpaired) electrons. The van der Waals surface area contributed by atoms with E-state index in [1.165, 1.54) is 6.20 Å². The summed E-state index contributed by atoms with van der Waals surface area (Å²) in [5.41, 5.74) is 7.89. The summed E-state index contributed by atoms with van der Waals surface area (Å²) in [6.07, 6.45) is 0.243. The maximum absolute atomic E-state index is 13.4. The molecule has 3 rings (SSSR count). The number of aromatic nitrogens is 2. The van der Waals surface area contributed by atoms with Crippen LogP contribution in [0.3, 0.4) is 0 Å². The summed E-state index contributed by atoms with van der Waals surface area (Å²) < 4.78 is 26.8. The van der Waals surface area contributed by atoms with Gasteiger partial charge in [-0.05, 0) is 55.7 Å². The van der Waals surface area contributed by atoms with E-state index in [4.69, 9.17) is 5.73 Å². The molecule has 8 nitrogen and oxygen atoms in total. The second-order valence-electron chi connectivity index (χ2n) is 7.94. The number of nitrogens with one attached hydrogen (secondary N) is 2. The molecule has 3 aromatic rings. The van der Waals surface area contributed by atoms with Crippen molar-refractivity contribution >= 4 is 23.3 Å². The summed E-state index contributed by atoms with van der Waals surface area (Å²) >= 11 is 0. The van der Waals surface area contributed by atoms with E-state index in [9.17, 15) is 23.5 Å². The largest absolute Gasteiger partial charge is 0.382 e.